The summed E-state index contributed by atoms with van der Waals surface area (Å²) in [6, 6.07) is 5.94. The van der Waals surface area contributed by atoms with Gasteiger partial charge in [0, 0.05) is 31.3 Å². The molecule has 7 heteroatoms. The lowest BCUT2D eigenvalue weighted by molar-refractivity contribution is 0.193. The molecule has 0 saturated carbocycles. The molecule has 1 aliphatic heterocycles. The van der Waals surface area contributed by atoms with E-state index in [-0.39, 0.29) is 6.61 Å². The van der Waals surface area contributed by atoms with Crippen LogP contribution < -0.4 is 10.6 Å². The van der Waals surface area contributed by atoms with Crippen molar-refractivity contribution in [3.8, 4) is 0 Å². The molecule has 2 aromatic heterocycles. The lowest BCUT2D eigenvalue weighted by Gasteiger charge is -2.14. The highest BCUT2D eigenvalue weighted by Crippen LogP contribution is 2.26. The molecule has 128 valence electrons. The maximum atomic E-state index is 9.00. The second-order valence-electron chi connectivity index (χ2n) is 5.83. The first-order valence-corrected chi connectivity index (χ1v) is 8.22. The standard InChI is InChI=1S/C17H23N5O2/c1-12-3-2-5-18-15(12)10-20-16-9-14(13-4-8-24-11-13)21-17(22-16)19-6-7-23/h2-3,5,9,13,23H,4,6-8,10-11H2,1H3,(H2,19,20,21,22). The minimum Gasteiger partial charge on any atom is -0.395 e. The van der Waals surface area contributed by atoms with Crippen LogP contribution in [0, 0.1) is 6.92 Å². The van der Waals surface area contributed by atoms with Gasteiger partial charge in [0.2, 0.25) is 5.95 Å². The third-order valence-corrected chi connectivity index (χ3v) is 4.04. The van der Waals surface area contributed by atoms with E-state index in [0.717, 1.165) is 35.8 Å². The summed E-state index contributed by atoms with van der Waals surface area (Å²) in [5, 5.41) is 15.4. The van der Waals surface area contributed by atoms with Crippen LogP contribution in [-0.4, -0.2) is 46.4 Å². The van der Waals surface area contributed by atoms with Gasteiger partial charge >= 0.3 is 0 Å². The number of aryl methyl sites for hydroxylation is 1. The molecule has 0 amide bonds. The van der Waals surface area contributed by atoms with Crippen LogP contribution in [0.4, 0.5) is 11.8 Å². The summed E-state index contributed by atoms with van der Waals surface area (Å²) >= 11 is 0. The maximum Gasteiger partial charge on any atom is 0.224 e. The first-order chi connectivity index (χ1) is 11.8. The zero-order chi connectivity index (χ0) is 16.8. The zero-order valence-electron chi connectivity index (χ0n) is 13.8. The minimum atomic E-state index is 0.0377. The van der Waals surface area contributed by atoms with Gasteiger partial charge < -0.3 is 20.5 Å². The number of hydrogen-bond donors (Lipinski definition) is 3. The molecule has 1 fully saturated rings. The Bertz CT molecular complexity index is 674. The fourth-order valence-electron chi connectivity index (χ4n) is 2.66. The molecule has 1 aliphatic rings. The molecule has 0 aliphatic carbocycles. The normalized spacial score (nSPS) is 17.0. The van der Waals surface area contributed by atoms with Gasteiger partial charge in [-0.25, -0.2) is 4.98 Å². The number of hydrogen-bond acceptors (Lipinski definition) is 7. The lowest BCUT2D eigenvalue weighted by atomic mass is 10.0. The summed E-state index contributed by atoms with van der Waals surface area (Å²) in [5.41, 5.74) is 3.09. The van der Waals surface area contributed by atoms with Crippen molar-refractivity contribution in [2.24, 2.45) is 0 Å². The summed E-state index contributed by atoms with van der Waals surface area (Å²) in [6.07, 6.45) is 2.76. The van der Waals surface area contributed by atoms with Gasteiger partial charge in [0.1, 0.15) is 5.82 Å². The second-order valence-corrected chi connectivity index (χ2v) is 5.83. The molecule has 1 unspecified atom stereocenters. The number of nitrogens with one attached hydrogen (secondary N) is 2. The van der Waals surface area contributed by atoms with Crippen molar-refractivity contribution in [3.63, 3.8) is 0 Å². The number of nitrogens with zero attached hydrogens (tertiary/aromatic N) is 3. The van der Waals surface area contributed by atoms with E-state index in [0.29, 0.717) is 31.6 Å². The number of rotatable bonds is 7. The van der Waals surface area contributed by atoms with E-state index < -0.39 is 0 Å². The van der Waals surface area contributed by atoms with Crippen molar-refractivity contribution in [1.29, 1.82) is 0 Å². The Morgan fingerprint density at radius 2 is 2.25 bits per heavy atom. The molecule has 24 heavy (non-hydrogen) atoms. The number of pyridine rings is 1. The van der Waals surface area contributed by atoms with Crippen LogP contribution in [0.25, 0.3) is 0 Å². The predicted molar refractivity (Wildman–Crippen MR) is 92.1 cm³/mol. The van der Waals surface area contributed by atoms with Crippen molar-refractivity contribution in [1.82, 2.24) is 15.0 Å². The first-order valence-electron chi connectivity index (χ1n) is 8.22. The Morgan fingerprint density at radius 3 is 3.00 bits per heavy atom. The number of ether oxygens (including phenoxy) is 1. The van der Waals surface area contributed by atoms with Crippen molar-refractivity contribution < 1.29 is 9.84 Å². The van der Waals surface area contributed by atoms with Crippen molar-refractivity contribution in [2.75, 3.05) is 37.0 Å². The monoisotopic (exact) mass is 329 g/mol. The highest BCUT2D eigenvalue weighted by atomic mass is 16.5. The van der Waals surface area contributed by atoms with E-state index in [1.54, 1.807) is 6.20 Å². The topological polar surface area (TPSA) is 92.2 Å². The highest BCUT2D eigenvalue weighted by molar-refractivity contribution is 5.44. The lowest BCUT2D eigenvalue weighted by Crippen LogP contribution is -2.13. The molecule has 3 N–H and O–H groups in total. The molecule has 3 heterocycles. The third kappa shape index (κ3) is 4.18. The van der Waals surface area contributed by atoms with E-state index in [1.807, 2.05) is 25.1 Å². The Hall–Kier alpha value is -2.25. The van der Waals surface area contributed by atoms with Crippen LogP contribution in [0.3, 0.4) is 0 Å². The van der Waals surface area contributed by atoms with Crippen molar-refractivity contribution in [3.05, 3.63) is 41.3 Å². The van der Waals surface area contributed by atoms with Gasteiger partial charge in [-0.15, -0.1) is 0 Å². The zero-order valence-corrected chi connectivity index (χ0v) is 13.8. The first kappa shape index (κ1) is 16.6. The van der Waals surface area contributed by atoms with Gasteiger partial charge in [-0.05, 0) is 25.0 Å². The minimum absolute atomic E-state index is 0.0377. The van der Waals surface area contributed by atoms with E-state index in [1.165, 1.54) is 0 Å². The summed E-state index contributed by atoms with van der Waals surface area (Å²) < 4.78 is 5.47. The fourth-order valence-corrected chi connectivity index (χ4v) is 2.66. The smallest absolute Gasteiger partial charge is 0.224 e. The second kappa shape index (κ2) is 8.03. The molecule has 0 radical (unpaired) electrons. The number of aliphatic hydroxyl groups excluding tert-OH is 1. The number of aliphatic hydroxyl groups is 1. The summed E-state index contributed by atoms with van der Waals surface area (Å²) in [7, 11) is 0. The molecule has 7 nitrogen and oxygen atoms in total. The van der Waals surface area contributed by atoms with Gasteiger partial charge in [0.05, 0.1) is 31.1 Å². The average molecular weight is 329 g/mol. The summed E-state index contributed by atoms with van der Waals surface area (Å²) in [5.74, 6) is 1.56. The van der Waals surface area contributed by atoms with Gasteiger partial charge in [0.15, 0.2) is 0 Å². The van der Waals surface area contributed by atoms with Gasteiger partial charge in [0.25, 0.3) is 0 Å². The van der Waals surface area contributed by atoms with Crippen LogP contribution in [0.2, 0.25) is 0 Å². The van der Waals surface area contributed by atoms with Crippen LogP contribution in [0.1, 0.15) is 29.3 Å². The Labute approximate surface area is 141 Å². The summed E-state index contributed by atoms with van der Waals surface area (Å²) in [6.45, 7) is 4.56. The van der Waals surface area contributed by atoms with Crippen LogP contribution in [0.15, 0.2) is 24.4 Å². The third-order valence-electron chi connectivity index (χ3n) is 4.04. The molecular weight excluding hydrogens is 306 g/mol. The van der Waals surface area contributed by atoms with Gasteiger partial charge in [-0.2, -0.15) is 4.98 Å². The van der Waals surface area contributed by atoms with Gasteiger partial charge in [-0.1, -0.05) is 6.07 Å². The molecular formula is C17H23N5O2. The van der Waals surface area contributed by atoms with Crippen LogP contribution >= 0.6 is 0 Å². The quantitative estimate of drug-likeness (QED) is 0.712. The maximum absolute atomic E-state index is 9.00. The largest absolute Gasteiger partial charge is 0.395 e. The molecule has 0 aromatic carbocycles. The molecule has 3 rings (SSSR count). The predicted octanol–water partition coefficient (Wildman–Crippen LogP) is 1.70. The molecule has 1 saturated heterocycles. The van der Waals surface area contributed by atoms with Crippen LogP contribution in [0.5, 0.6) is 0 Å². The van der Waals surface area contributed by atoms with E-state index in [2.05, 4.69) is 25.6 Å². The number of anilines is 2. The van der Waals surface area contributed by atoms with Gasteiger partial charge in [-0.3, -0.25) is 4.98 Å². The van der Waals surface area contributed by atoms with E-state index >= 15 is 0 Å². The average Bonchev–Trinajstić information content (AvgIpc) is 3.14. The Morgan fingerprint density at radius 1 is 1.33 bits per heavy atom. The molecule has 0 bridgehead atoms. The van der Waals surface area contributed by atoms with Crippen LogP contribution in [-0.2, 0) is 11.3 Å². The SMILES string of the molecule is Cc1cccnc1CNc1cc(C2CCOC2)nc(NCCO)n1. The molecule has 2 aromatic rings. The highest BCUT2D eigenvalue weighted by Gasteiger charge is 2.20. The molecule has 1 atom stereocenters. The van der Waals surface area contributed by atoms with E-state index in [9.17, 15) is 0 Å². The van der Waals surface area contributed by atoms with Crippen molar-refractivity contribution >= 4 is 11.8 Å². The Kier molecular flexibility index (Phi) is 5.55. The Balaban J connectivity index is 1.77. The van der Waals surface area contributed by atoms with Crippen molar-refractivity contribution in [2.45, 2.75) is 25.8 Å². The fraction of sp³-hybridized carbons (Fsp3) is 0.471. The summed E-state index contributed by atoms with van der Waals surface area (Å²) in [4.78, 5) is 13.4. The van der Waals surface area contributed by atoms with E-state index in [4.69, 9.17) is 9.84 Å². The molecule has 0 spiro atoms. The number of aromatic nitrogens is 3.